The first-order chi connectivity index (χ1) is 8.22. The van der Waals surface area contributed by atoms with Crippen molar-refractivity contribution in [1.29, 1.82) is 0 Å². The Kier molecular flexibility index (Phi) is 3.81. The number of thiazole rings is 1. The fraction of sp³-hybridized carbons (Fsp3) is 0.273. The molecule has 0 aliphatic carbocycles. The maximum Gasteiger partial charge on any atom is 0.256 e. The number of carbonyl (C=O) groups is 1. The van der Waals surface area contributed by atoms with Gasteiger partial charge in [-0.2, -0.15) is 0 Å². The predicted octanol–water partition coefficient (Wildman–Crippen LogP) is 3.27. The SMILES string of the molecule is CCC(NC(=O)c1ccoc1Cl)c1nccs1. The average molecular weight is 271 g/mol. The predicted molar refractivity (Wildman–Crippen MR) is 66.3 cm³/mol. The molecule has 90 valence electrons. The van der Waals surface area contributed by atoms with Gasteiger partial charge in [0, 0.05) is 11.6 Å². The maximum atomic E-state index is 11.9. The van der Waals surface area contributed by atoms with Crippen LogP contribution in [0, 0.1) is 0 Å². The molecule has 17 heavy (non-hydrogen) atoms. The van der Waals surface area contributed by atoms with Gasteiger partial charge in [0.15, 0.2) is 0 Å². The Hall–Kier alpha value is -1.33. The molecular weight excluding hydrogens is 260 g/mol. The number of amides is 1. The van der Waals surface area contributed by atoms with Crippen molar-refractivity contribution in [2.75, 3.05) is 0 Å². The van der Waals surface area contributed by atoms with Crippen molar-refractivity contribution in [3.63, 3.8) is 0 Å². The van der Waals surface area contributed by atoms with Gasteiger partial charge in [-0.3, -0.25) is 4.79 Å². The summed E-state index contributed by atoms with van der Waals surface area (Å²) in [5.41, 5.74) is 0.349. The van der Waals surface area contributed by atoms with Gasteiger partial charge in [-0.1, -0.05) is 6.92 Å². The zero-order valence-corrected chi connectivity index (χ0v) is 10.7. The van der Waals surface area contributed by atoms with Gasteiger partial charge in [-0.05, 0) is 24.1 Å². The van der Waals surface area contributed by atoms with Gasteiger partial charge in [0.05, 0.1) is 17.9 Å². The Morgan fingerprint density at radius 2 is 2.53 bits per heavy atom. The van der Waals surface area contributed by atoms with Crippen LogP contribution in [-0.2, 0) is 0 Å². The number of hydrogen-bond donors (Lipinski definition) is 1. The summed E-state index contributed by atoms with van der Waals surface area (Å²) in [6.07, 6.45) is 3.88. The van der Waals surface area contributed by atoms with E-state index in [2.05, 4.69) is 10.3 Å². The molecule has 0 aromatic carbocycles. The molecule has 0 aliphatic rings. The molecule has 0 bridgehead atoms. The third kappa shape index (κ3) is 2.68. The Labute approximate surface area is 108 Å². The molecule has 0 radical (unpaired) electrons. The van der Waals surface area contributed by atoms with Gasteiger partial charge in [0.1, 0.15) is 5.01 Å². The fourth-order valence-electron chi connectivity index (χ4n) is 1.44. The van der Waals surface area contributed by atoms with Crippen LogP contribution in [0.4, 0.5) is 0 Å². The first kappa shape index (κ1) is 12.1. The molecule has 0 saturated heterocycles. The molecule has 2 rings (SSSR count). The smallest absolute Gasteiger partial charge is 0.256 e. The summed E-state index contributed by atoms with van der Waals surface area (Å²) in [4.78, 5) is 16.1. The fourth-order valence-corrected chi connectivity index (χ4v) is 2.41. The van der Waals surface area contributed by atoms with E-state index in [1.807, 2.05) is 12.3 Å². The van der Waals surface area contributed by atoms with Crippen LogP contribution in [0.25, 0.3) is 0 Å². The minimum Gasteiger partial charge on any atom is -0.452 e. The molecule has 0 saturated carbocycles. The quantitative estimate of drug-likeness (QED) is 0.928. The third-order valence-electron chi connectivity index (χ3n) is 2.33. The highest BCUT2D eigenvalue weighted by atomic mass is 35.5. The van der Waals surface area contributed by atoms with E-state index in [4.69, 9.17) is 16.0 Å². The minimum absolute atomic E-state index is 0.0894. The van der Waals surface area contributed by atoms with E-state index in [1.165, 1.54) is 17.6 Å². The minimum atomic E-state index is -0.245. The van der Waals surface area contributed by atoms with Gasteiger partial charge in [0.2, 0.25) is 5.22 Å². The standard InChI is InChI=1S/C11H11ClN2O2S/c1-2-8(11-13-4-6-17-11)14-10(15)7-3-5-16-9(7)12/h3-6,8H,2H2,1H3,(H,14,15). The average Bonchev–Trinajstić information content (AvgIpc) is 2.96. The Balaban J connectivity index is 2.10. The van der Waals surface area contributed by atoms with Gasteiger partial charge in [-0.15, -0.1) is 11.3 Å². The molecular formula is C11H11ClN2O2S. The first-order valence-corrected chi connectivity index (χ1v) is 6.41. The van der Waals surface area contributed by atoms with Crippen molar-refractivity contribution in [3.8, 4) is 0 Å². The highest BCUT2D eigenvalue weighted by Gasteiger charge is 2.19. The summed E-state index contributed by atoms with van der Waals surface area (Å²) in [7, 11) is 0. The summed E-state index contributed by atoms with van der Waals surface area (Å²) < 4.78 is 4.88. The van der Waals surface area contributed by atoms with E-state index >= 15 is 0 Å². The van der Waals surface area contributed by atoms with Crippen LogP contribution in [0.15, 0.2) is 28.3 Å². The van der Waals surface area contributed by atoms with Gasteiger partial charge < -0.3 is 9.73 Å². The zero-order chi connectivity index (χ0) is 12.3. The molecule has 6 heteroatoms. The second-order valence-electron chi connectivity index (χ2n) is 3.41. The largest absolute Gasteiger partial charge is 0.452 e. The number of rotatable bonds is 4. The lowest BCUT2D eigenvalue weighted by atomic mass is 10.2. The lowest BCUT2D eigenvalue weighted by molar-refractivity contribution is 0.0935. The van der Waals surface area contributed by atoms with Crippen LogP contribution in [0.5, 0.6) is 0 Å². The molecule has 0 fully saturated rings. The number of carbonyl (C=O) groups excluding carboxylic acids is 1. The first-order valence-electron chi connectivity index (χ1n) is 5.15. The second-order valence-corrected chi connectivity index (χ2v) is 4.68. The monoisotopic (exact) mass is 270 g/mol. The number of halogens is 1. The zero-order valence-electron chi connectivity index (χ0n) is 9.14. The Morgan fingerprint density at radius 1 is 1.71 bits per heavy atom. The van der Waals surface area contributed by atoms with Crippen molar-refractivity contribution >= 4 is 28.8 Å². The molecule has 1 amide bonds. The molecule has 0 aliphatic heterocycles. The number of nitrogens with zero attached hydrogens (tertiary/aromatic N) is 1. The molecule has 2 aromatic heterocycles. The summed E-state index contributed by atoms with van der Waals surface area (Å²) in [5, 5.41) is 5.76. The van der Waals surface area contributed by atoms with Crippen molar-refractivity contribution in [1.82, 2.24) is 10.3 Å². The third-order valence-corrected chi connectivity index (χ3v) is 3.51. The van der Waals surface area contributed by atoms with Gasteiger partial charge in [-0.25, -0.2) is 4.98 Å². The lowest BCUT2D eigenvalue weighted by Gasteiger charge is -2.13. The Bertz CT molecular complexity index is 495. The number of aromatic nitrogens is 1. The van der Waals surface area contributed by atoms with Crippen LogP contribution in [0.2, 0.25) is 5.22 Å². The van der Waals surface area contributed by atoms with Gasteiger partial charge >= 0.3 is 0 Å². The van der Waals surface area contributed by atoms with Crippen LogP contribution in [0.1, 0.15) is 34.8 Å². The maximum absolute atomic E-state index is 11.9. The molecule has 0 spiro atoms. The molecule has 4 nitrogen and oxygen atoms in total. The molecule has 1 atom stereocenters. The number of nitrogens with one attached hydrogen (secondary N) is 1. The molecule has 1 unspecified atom stereocenters. The van der Waals surface area contributed by atoms with Crippen LogP contribution in [0.3, 0.4) is 0 Å². The second kappa shape index (κ2) is 5.33. The highest BCUT2D eigenvalue weighted by Crippen LogP contribution is 2.21. The summed E-state index contributed by atoms with van der Waals surface area (Å²) in [6, 6.07) is 1.46. The van der Waals surface area contributed by atoms with Crippen LogP contribution < -0.4 is 5.32 Å². The van der Waals surface area contributed by atoms with Crippen molar-refractivity contribution in [3.05, 3.63) is 39.7 Å². The van der Waals surface area contributed by atoms with Crippen LogP contribution in [-0.4, -0.2) is 10.9 Å². The van der Waals surface area contributed by atoms with E-state index in [0.29, 0.717) is 5.56 Å². The number of hydrogen-bond acceptors (Lipinski definition) is 4. The van der Waals surface area contributed by atoms with E-state index in [0.717, 1.165) is 11.4 Å². The van der Waals surface area contributed by atoms with Gasteiger partial charge in [0.25, 0.3) is 5.91 Å². The molecule has 1 N–H and O–H groups in total. The Morgan fingerprint density at radius 3 is 3.06 bits per heavy atom. The summed E-state index contributed by atoms with van der Waals surface area (Å²) in [5.74, 6) is -0.245. The summed E-state index contributed by atoms with van der Waals surface area (Å²) >= 11 is 7.26. The lowest BCUT2D eigenvalue weighted by Crippen LogP contribution is -2.27. The molecule has 2 aromatic rings. The van der Waals surface area contributed by atoms with Crippen molar-refractivity contribution in [2.45, 2.75) is 19.4 Å². The number of furan rings is 1. The van der Waals surface area contributed by atoms with Crippen molar-refractivity contribution in [2.24, 2.45) is 0 Å². The highest BCUT2D eigenvalue weighted by molar-refractivity contribution is 7.09. The topological polar surface area (TPSA) is 55.1 Å². The van der Waals surface area contributed by atoms with E-state index in [-0.39, 0.29) is 17.2 Å². The normalized spacial score (nSPS) is 12.4. The molecule has 2 heterocycles. The summed E-state index contributed by atoms with van der Waals surface area (Å²) in [6.45, 7) is 1.99. The van der Waals surface area contributed by atoms with E-state index < -0.39 is 0 Å². The van der Waals surface area contributed by atoms with Crippen molar-refractivity contribution < 1.29 is 9.21 Å². The van der Waals surface area contributed by atoms with E-state index in [1.54, 1.807) is 12.3 Å². The van der Waals surface area contributed by atoms with E-state index in [9.17, 15) is 4.79 Å². The van der Waals surface area contributed by atoms with Crippen LogP contribution >= 0.6 is 22.9 Å².